The van der Waals surface area contributed by atoms with Crippen LogP contribution in [0.3, 0.4) is 0 Å². The molecule has 0 aliphatic rings. The zero-order valence-corrected chi connectivity index (χ0v) is 17.2. The molecule has 5 rings (SSSR count). The molecule has 0 spiro atoms. The van der Waals surface area contributed by atoms with Crippen LogP contribution in [-0.2, 0) is 6.18 Å². The minimum absolute atomic E-state index is 0.237. The molecule has 7 nitrogen and oxygen atoms in total. The highest BCUT2D eigenvalue weighted by Gasteiger charge is 2.34. The van der Waals surface area contributed by atoms with Crippen molar-refractivity contribution in [2.45, 2.75) is 32.5 Å². The monoisotopic (exact) mass is 451 g/mol. The number of fused-ring (bicyclic) bond motifs is 5. The number of halogens is 4. The molecule has 5 aromatic rings. The molecule has 0 saturated carbocycles. The quantitative estimate of drug-likeness (QED) is 0.383. The van der Waals surface area contributed by atoms with Gasteiger partial charge in [0.1, 0.15) is 27.6 Å². The predicted molar refractivity (Wildman–Crippen MR) is 107 cm³/mol. The maximum Gasteiger partial charge on any atom is 0.433 e. The van der Waals surface area contributed by atoms with E-state index >= 15 is 0 Å². The molecule has 0 aliphatic carbocycles. The van der Waals surface area contributed by atoms with Crippen LogP contribution >= 0.6 is 22.9 Å². The minimum Gasteiger partial charge on any atom is -0.260 e. The summed E-state index contributed by atoms with van der Waals surface area (Å²) in [7, 11) is 0. The van der Waals surface area contributed by atoms with E-state index in [0.29, 0.717) is 44.1 Å². The van der Waals surface area contributed by atoms with Gasteiger partial charge in [0.25, 0.3) is 0 Å². The summed E-state index contributed by atoms with van der Waals surface area (Å²) in [5.74, 6) is 0.518. The fraction of sp³-hybridized carbons (Fsp3) is 0.278. The number of thiophene rings is 1. The van der Waals surface area contributed by atoms with E-state index in [2.05, 4.69) is 25.1 Å². The molecule has 0 fully saturated rings. The van der Waals surface area contributed by atoms with Gasteiger partial charge in [-0.05, 0) is 25.0 Å². The van der Waals surface area contributed by atoms with Crippen molar-refractivity contribution in [1.82, 2.24) is 34.3 Å². The Morgan fingerprint density at radius 1 is 1.27 bits per heavy atom. The number of pyridine rings is 1. The molecular weight excluding hydrogens is 439 g/mol. The third-order valence-corrected chi connectivity index (χ3v) is 6.11. The first-order chi connectivity index (χ1) is 14.3. The van der Waals surface area contributed by atoms with Crippen LogP contribution in [0.4, 0.5) is 13.2 Å². The highest BCUT2D eigenvalue weighted by molar-refractivity contribution is 7.26. The number of nitrogens with zero attached hydrogens (tertiary/aromatic N) is 7. The Labute approximate surface area is 176 Å². The first-order valence-corrected chi connectivity index (χ1v) is 10.2. The smallest absolute Gasteiger partial charge is 0.260 e. The van der Waals surface area contributed by atoms with E-state index < -0.39 is 11.9 Å². The lowest BCUT2D eigenvalue weighted by atomic mass is 10.1. The summed E-state index contributed by atoms with van der Waals surface area (Å²) >= 11 is 7.11. The summed E-state index contributed by atoms with van der Waals surface area (Å²) in [6, 6.07) is 0.808. The SMILES string of the molecule is CC[C@@H](c1nc2c3sc4nc(C(F)(F)F)cc(C)c4c3ncn2n1)n1cc(Cl)cn1. The van der Waals surface area contributed by atoms with E-state index in [1.165, 1.54) is 10.8 Å². The highest BCUT2D eigenvalue weighted by Crippen LogP contribution is 2.38. The fourth-order valence-corrected chi connectivity index (χ4v) is 4.81. The highest BCUT2D eigenvalue weighted by atomic mass is 35.5. The van der Waals surface area contributed by atoms with Gasteiger partial charge in [-0.15, -0.1) is 16.4 Å². The Morgan fingerprint density at radius 2 is 2.07 bits per heavy atom. The minimum atomic E-state index is -4.51. The van der Waals surface area contributed by atoms with E-state index in [1.54, 1.807) is 24.0 Å². The van der Waals surface area contributed by atoms with Crippen LogP contribution in [0, 0.1) is 6.92 Å². The average Bonchev–Trinajstić information content (AvgIpc) is 3.37. The van der Waals surface area contributed by atoms with E-state index in [0.717, 1.165) is 17.4 Å². The molecule has 0 bridgehead atoms. The average molecular weight is 452 g/mol. The lowest BCUT2D eigenvalue weighted by Crippen LogP contribution is -2.12. The number of aromatic nitrogens is 7. The van der Waals surface area contributed by atoms with Gasteiger partial charge in [0, 0.05) is 11.6 Å². The van der Waals surface area contributed by atoms with Crippen LogP contribution in [0.5, 0.6) is 0 Å². The molecule has 12 heteroatoms. The van der Waals surface area contributed by atoms with Gasteiger partial charge < -0.3 is 0 Å². The fourth-order valence-electron chi connectivity index (χ4n) is 3.49. The Kier molecular flexibility index (Phi) is 4.23. The summed E-state index contributed by atoms with van der Waals surface area (Å²) in [6.45, 7) is 3.60. The Morgan fingerprint density at radius 3 is 2.73 bits per heavy atom. The van der Waals surface area contributed by atoms with Gasteiger partial charge in [-0.2, -0.15) is 18.3 Å². The van der Waals surface area contributed by atoms with Gasteiger partial charge in [0.2, 0.25) is 0 Å². The predicted octanol–water partition coefficient (Wildman–Crippen LogP) is 5.06. The first kappa shape index (κ1) is 19.2. The van der Waals surface area contributed by atoms with Gasteiger partial charge in [-0.1, -0.05) is 18.5 Å². The maximum atomic E-state index is 13.2. The van der Waals surface area contributed by atoms with Gasteiger partial charge in [0.05, 0.1) is 16.7 Å². The molecule has 0 radical (unpaired) electrons. The Balaban J connectivity index is 1.73. The first-order valence-electron chi connectivity index (χ1n) is 8.98. The van der Waals surface area contributed by atoms with Gasteiger partial charge >= 0.3 is 6.18 Å². The second-order valence-electron chi connectivity index (χ2n) is 6.83. The summed E-state index contributed by atoms with van der Waals surface area (Å²) in [5.41, 5.74) is 0.629. The molecule has 0 aromatic carbocycles. The lowest BCUT2D eigenvalue weighted by molar-refractivity contribution is -0.141. The number of rotatable bonds is 3. The van der Waals surface area contributed by atoms with Crippen molar-refractivity contribution in [3.63, 3.8) is 0 Å². The van der Waals surface area contributed by atoms with Crippen LogP contribution in [0.1, 0.15) is 36.5 Å². The summed E-state index contributed by atoms with van der Waals surface area (Å²) < 4.78 is 43.4. The number of alkyl halides is 3. The van der Waals surface area contributed by atoms with Gasteiger partial charge in [-0.25, -0.2) is 19.5 Å². The molecule has 5 heterocycles. The van der Waals surface area contributed by atoms with Crippen molar-refractivity contribution in [3.8, 4) is 0 Å². The van der Waals surface area contributed by atoms with Crippen LogP contribution in [0.2, 0.25) is 5.02 Å². The maximum absolute atomic E-state index is 13.2. The third-order valence-electron chi connectivity index (χ3n) is 4.85. The second-order valence-corrected chi connectivity index (χ2v) is 8.26. The molecule has 0 amide bonds. The van der Waals surface area contributed by atoms with Crippen molar-refractivity contribution in [3.05, 3.63) is 46.9 Å². The van der Waals surface area contributed by atoms with Crippen LogP contribution in [0.25, 0.3) is 26.1 Å². The van der Waals surface area contributed by atoms with Crippen molar-refractivity contribution in [2.75, 3.05) is 0 Å². The van der Waals surface area contributed by atoms with Crippen LogP contribution < -0.4 is 0 Å². The molecule has 0 saturated heterocycles. The number of hydrogen-bond acceptors (Lipinski definition) is 6. The molecule has 154 valence electrons. The van der Waals surface area contributed by atoms with Crippen molar-refractivity contribution in [2.24, 2.45) is 0 Å². The van der Waals surface area contributed by atoms with E-state index in [4.69, 9.17) is 11.6 Å². The molecule has 0 aliphatic heterocycles. The standard InChI is InChI=1S/C18H13ClF3N7S/c1-3-10(28-6-9(19)5-24-28)15-26-16-14-13(23-7-29(16)27-15)12-8(2)4-11(18(20,21)22)25-17(12)30-14/h4-7,10H,3H2,1-2H3/t10-/m0/s1. The second kappa shape index (κ2) is 6.61. The summed E-state index contributed by atoms with van der Waals surface area (Å²) in [6.07, 6.45) is 0.909. The zero-order valence-electron chi connectivity index (χ0n) is 15.6. The van der Waals surface area contributed by atoms with E-state index in [-0.39, 0.29) is 10.9 Å². The van der Waals surface area contributed by atoms with Crippen molar-refractivity contribution in [1.29, 1.82) is 0 Å². The molecule has 5 aromatic heterocycles. The van der Waals surface area contributed by atoms with E-state index in [9.17, 15) is 13.2 Å². The Hall–Kier alpha value is -2.79. The van der Waals surface area contributed by atoms with Crippen LogP contribution in [-0.4, -0.2) is 34.3 Å². The largest absolute Gasteiger partial charge is 0.433 e. The normalized spacial score (nSPS) is 13.7. The van der Waals surface area contributed by atoms with Gasteiger partial charge in [-0.3, -0.25) is 4.68 Å². The molecule has 30 heavy (non-hydrogen) atoms. The molecule has 0 unspecified atom stereocenters. The van der Waals surface area contributed by atoms with Crippen molar-refractivity contribution >= 4 is 49.0 Å². The van der Waals surface area contributed by atoms with E-state index in [1.807, 2.05) is 6.92 Å². The molecular formula is C18H13ClF3N7S. The lowest BCUT2D eigenvalue weighted by Gasteiger charge is -2.10. The van der Waals surface area contributed by atoms with Gasteiger partial charge in [0.15, 0.2) is 11.5 Å². The zero-order chi connectivity index (χ0) is 21.2. The number of aryl methyl sites for hydroxylation is 1. The van der Waals surface area contributed by atoms with Crippen molar-refractivity contribution < 1.29 is 13.2 Å². The summed E-state index contributed by atoms with van der Waals surface area (Å²) in [4.78, 5) is 13.2. The van der Waals surface area contributed by atoms with Crippen LogP contribution in [0.15, 0.2) is 24.8 Å². The topological polar surface area (TPSA) is 73.8 Å². The number of hydrogen-bond donors (Lipinski definition) is 0. The third kappa shape index (κ3) is 2.91. The molecule has 0 N–H and O–H groups in total. The summed E-state index contributed by atoms with van der Waals surface area (Å²) in [5, 5.41) is 9.86. The Bertz CT molecular complexity index is 1420. The molecule has 1 atom stereocenters.